The highest BCUT2D eigenvalue weighted by molar-refractivity contribution is 6.23. The molecule has 1 N–H and O–H groups in total. The Bertz CT molecular complexity index is 1160. The number of esters is 4. The summed E-state index contributed by atoms with van der Waals surface area (Å²) >= 11 is 6.85. The van der Waals surface area contributed by atoms with E-state index in [0.717, 1.165) is 12.8 Å². The number of carbonyl (C=O) groups excluding carboxylic acids is 4. The van der Waals surface area contributed by atoms with Crippen LogP contribution in [-0.4, -0.2) is 88.8 Å². The lowest BCUT2D eigenvalue weighted by atomic mass is 9.53. The number of halogens is 1. The highest BCUT2D eigenvalue weighted by Crippen LogP contribution is 2.64. The van der Waals surface area contributed by atoms with Crippen molar-refractivity contribution in [3.63, 3.8) is 0 Å². The van der Waals surface area contributed by atoms with E-state index in [9.17, 15) is 24.3 Å². The molecule has 5 fully saturated rings. The highest BCUT2D eigenvalue weighted by Gasteiger charge is 2.78. The average Bonchev–Trinajstić information content (AvgIpc) is 3.84. The molecule has 5 aliphatic rings. The van der Waals surface area contributed by atoms with Gasteiger partial charge in [0.1, 0.15) is 36.6 Å². The molecule has 3 saturated heterocycles. The minimum absolute atomic E-state index is 0.235. The second kappa shape index (κ2) is 11.1. The molecule has 0 aromatic heterocycles. The molecule has 0 aromatic rings. The molecule has 14 atom stereocenters. The maximum Gasteiger partial charge on any atom is 0.312 e. The Hall–Kier alpha value is -2.21. The van der Waals surface area contributed by atoms with Crippen molar-refractivity contribution in [3.8, 4) is 0 Å². The third-order valence-electron chi connectivity index (χ3n) is 10.1. The van der Waals surface area contributed by atoms with Gasteiger partial charge in [0.25, 0.3) is 0 Å². The van der Waals surface area contributed by atoms with Crippen LogP contribution >= 0.6 is 11.6 Å². The van der Waals surface area contributed by atoms with E-state index >= 15 is 0 Å². The molecule has 42 heavy (non-hydrogen) atoms. The van der Waals surface area contributed by atoms with Crippen LogP contribution in [0.4, 0.5) is 0 Å². The number of hydrogen-bond donors (Lipinski definition) is 1. The number of epoxide rings is 2. The molecule has 5 rings (SSSR count). The van der Waals surface area contributed by atoms with Crippen LogP contribution in [0.15, 0.2) is 12.2 Å². The summed E-state index contributed by atoms with van der Waals surface area (Å²) in [7, 11) is 0. The van der Waals surface area contributed by atoms with Crippen LogP contribution in [0.5, 0.6) is 0 Å². The Morgan fingerprint density at radius 2 is 1.64 bits per heavy atom. The van der Waals surface area contributed by atoms with E-state index in [1.54, 1.807) is 0 Å². The maximum atomic E-state index is 13.1. The summed E-state index contributed by atoms with van der Waals surface area (Å²) < 4.78 is 35.8. The van der Waals surface area contributed by atoms with E-state index in [2.05, 4.69) is 6.58 Å². The van der Waals surface area contributed by atoms with Crippen LogP contribution in [0.25, 0.3) is 0 Å². The molecule has 2 aliphatic carbocycles. The first-order valence-electron chi connectivity index (χ1n) is 14.8. The molecule has 0 spiro atoms. The molecule has 0 aromatic carbocycles. The van der Waals surface area contributed by atoms with Gasteiger partial charge in [-0.2, -0.15) is 0 Å². The molecule has 3 aliphatic heterocycles. The van der Waals surface area contributed by atoms with Crippen LogP contribution in [0.3, 0.4) is 0 Å². The summed E-state index contributed by atoms with van der Waals surface area (Å²) in [5.41, 5.74) is -2.92. The largest absolute Gasteiger partial charge is 0.459 e. The standard InChI is InChI=1S/C30H41ClO11/c1-8-9-10-11-17(34)39-20-12(2)18-24(37-15(5)32)30(36)14(4)28(35)42-25(30)19(31)13(3)21-22(40-21)26(38-16(6)33)29(18,7)27-23(20)41-27/h12,14,18-27,36H,3,8-11H2,1-2,4-7H3/t12-,14+,18-,19+,20+,21-,22-,23+,24+,25+,26+,27+,29+,30-/m1/s1. The molecule has 12 heteroatoms. The summed E-state index contributed by atoms with van der Waals surface area (Å²) in [4.78, 5) is 51.2. The van der Waals surface area contributed by atoms with Gasteiger partial charge in [-0.25, -0.2) is 0 Å². The Balaban J connectivity index is 1.66. The van der Waals surface area contributed by atoms with Gasteiger partial charge >= 0.3 is 23.9 Å². The lowest BCUT2D eigenvalue weighted by Gasteiger charge is -2.54. The van der Waals surface area contributed by atoms with Crippen LogP contribution in [0, 0.1) is 23.2 Å². The van der Waals surface area contributed by atoms with Gasteiger partial charge in [-0.3, -0.25) is 19.2 Å². The summed E-state index contributed by atoms with van der Waals surface area (Å²) in [5, 5.41) is 11.5. The Morgan fingerprint density at radius 3 is 2.26 bits per heavy atom. The second-order valence-corrected chi connectivity index (χ2v) is 13.2. The molecule has 2 saturated carbocycles. The fraction of sp³-hybridized carbons (Fsp3) is 0.800. The summed E-state index contributed by atoms with van der Waals surface area (Å²) in [6, 6.07) is 0. The van der Waals surface area contributed by atoms with Gasteiger partial charge in [-0.05, 0) is 18.9 Å². The lowest BCUT2D eigenvalue weighted by Crippen LogP contribution is -2.69. The number of alkyl halides is 1. The SMILES string of the molecule is C=C1[C@H]2O[C@H]2[C@H](OC(C)=O)[C@]2(C)[C@H]([C@@H](C)[C@H](OC(=O)CCCCC)[C@@H]3O[C@@H]32)[C@H](OC(C)=O)[C@]2(O)[C@@H](C)C(=O)O[C@H]2[C@H]1Cl. The van der Waals surface area contributed by atoms with Gasteiger partial charge in [-0.1, -0.05) is 40.2 Å². The van der Waals surface area contributed by atoms with Gasteiger partial charge in [0.2, 0.25) is 0 Å². The molecule has 11 nitrogen and oxygen atoms in total. The molecule has 0 unspecified atom stereocenters. The van der Waals surface area contributed by atoms with Crippen LogP contribution in [-0.2, 0) is 47.6 Å². The zero-order valence-electron chi connectivity index (χ0n) is 24.9. The fourth-order valence-electron chi connectivity index (χ4n) is 7.82. The minimum atomic E-state index is -2.13. The smallest absolute Gasteiger partial charge is 0.312 e. The van der Waals surface area contributed by atoms with E-state index in [4.69, 9.17) is 40.0 Å². The molecular weight excluding hydrogens is 572 g/mol. The van der Waals surface area contributed by atoms with E-state index in [-0.39, 0.29) is 12.4 Å². The van der Waals surface area contributed by atoms with Crippen molar-refractivity contribution in [2.24, 2.45) is 23.2 Å². The average molecular weight is 613 g/mol. The van der Waals surface area contributed by atoms with Crippen LogP contribution in [0.2, 0.25) is 0 Å². The molecule has 0 bridgehead atoms. The third kappa shape index (κ3) is 4.84. The topological polar surface area (TPSA) is 150 Å². The van der Waals surface area contributed by atoms with Crippen molar-refractivity contribution in [1.82, 2.24) is 0 Å². The highest BCUT2D eigenvalue weighted by atomic mass is 35.5. The van der Waals surface area contributed by atoms with Crippen molar-refractivity contribution in [1.29, 1.82) is 0 Å². The predicted octanol–water partition coefficient (Wildman–Crippen LogP) is 2.62. The minimum Gasteiger partial charge on any atom is -0.459 e. The van der Waals surface area contributed by atoms with E-state index in [0.29, 0.717) is 12.0 Å². The number of carbonyl (C=O) groups is 4. The number of unbranched alkanes of at least 4 members (excludes halogenated alkanes) is 2. The molecule has 0 radical (unpaired) electrons. The third-order valence-corrected chi connectivity index (χ3v) is 10.6. The number of rotatable bonds is 7. The summed E-state index contributed by atoms with van der Waals surface area (Å²) in [5.74, 6) is -5.01. The fourth-order valence-corrected chi connectivity index (χ4v) is 8.19. The van der Waals surface area contributed by atoms with Crippen molar-refractivity contribution in [3.05, 3.63) is 12.2 Å². The Morgan fingerprint density at radius 1 is 1.00 bits per heavy atom. The van der Waals surface area contributed by atoms with Gasteiger partial charge < -0.3 is 33.5 Å². The number of aliphatic hydroxyl groups is 1. The van der Waals surface area contributed by atoms with Crippen molar-refractivity contribution >= 4 is 35.5 Å². The molecule has 0 amide bonds. The van der Waals surface area contributed by atoms with E-state index in [1.165, 1.54) is 20.8 Å². The van der Waals surface area contributed by atoms with Gasteiger partial charge in [0.05, 0.1) is 17.4 Å². The quantitative estimate of drug-likeness (QED) is 0.113. The number of hydrogen-bond acceptors (Lipinski definition) is 11. The normalized spacial score (nSPS) is 47.0. The first-order valence-corrected chi connectivity index (χ1v) is 15.2. The Labute approximate surface area is 250 Å². The monoisotopic (exact) mass is 612 g/mol. The van der Waals surface area contributed by atoms with Gasteiger partial charge in [-0.15, -0.1) is 11.6 Å². The zero-order valence-corrected chi connectivity index (χ0v) is 25.6. The van der Waals surface area contributed by atoms with Gasteiger partial charge in [0, 0.05) is 37.5 Å². The zero-order chi connectivity index (χ0) is 30.9. The van der Waals surface area contributed by atoms with Crippen LogP contribution in [0.1, 0.15) is 67.2 Å². The van der Waals surface area contributed by atoms with Crippen molar-refractivity contribution < 1.29 is 52.7 Å². The van der Waals surface area contributed by atoms with E-state index < -0.39 is 101 Å². The van der Waals surface area contributed by atoms with Gasteiger partial charge in [0.15, 0.2) is 11.7 Å². The number of ether oxygens (including phenoxy) is 6. The van der Waals surface area contributed by atoms with Crippen LogP contribution < -0.4 is 0 Å². The van der Waals surface area contributed by atoms with Crippen molar-refractivity contribution in [2.75, 3.05) is 0 Å². The first-order chi connectivity index (χ1) is 19.7. The molecular formula is C30H41ClO11. The molecule has 3 heterocycles. The molecule has 234 valence electrons. The maximum absolute atomic E-state index is 13.1. The number of fused-ring (bicyclic) bond motifs is 5. The lowest BCUT2D eigenvalue weighted by molar-refractivity contribution is -0.227. The summed E-state index contributed by atoms with van der Waals surface area (Å²) in [6.07, 6.45) is -4.16. The Kier molecular flexibility index (Phi) is 8.22. The predicted molar refractivity (Wildman–Crippen MR) is 146 cm³/mol. The summed E-state index contributed by atoms with van der Waals surface area (Å²) in [6.45, 7) is 13.8. The van der Waals surface area contributed by atoms with E-state index in [1.807, 2.05) is 20.8 Å². The van der Waals surface area contributed by atoms with Crippen molar-refractivity contribution in [2.45, 2.75) is 127 Å². The second-order valence-electron chi connectivity index (χ2n) is 12.7. The first kappa shape index (κ1) is 31.2.